The smallest absolute Gasteiger partial charge is 0.257 e. The third kappa shape index (κ3) is 3.33. The largest absolute Gasteiger partial charge is 0.397 e. The van der Waals surface area contributed by atoms with E-state index in [1.807, 2.05) is 13.0 Å². The van der Waals surface area contributed by atoms with Crippen LogP contribution in [0.25, 0.3) is 0 Å². The molecule has 0 saturated heterocycles. The molecule has 0 fully saturated rings. The molecule has 1 amide bonds. The number of pyridine rings is 1. The van der Waals surface area contributed by atoms with Crippen LogP contribution in [-0.2, 0) is 0 Å². The second-order valence-electron chi connectivity index (χ2n) is 4.03. The quantitative estimate of drug-likeness (QED) is 0.774. The zero-order chi connectivity index (χ0) is 14.0. The van der Waals surface area contributed by atoms with Gasteiger partial charge in [-0.1, -0.05) is 15.9 Å². The number of benzene rings is 1. The van der Waals surface area contributed by atoms with Crippen LogP contribution in [0.1, 0.15) is 15.9 Å². The highest BCUT2D eigenvalue weighted by atomic mass is 79.9. The lowest BCUT2D eigenvalue weighted by atomic mass is 10.1. The molecule has 1 heterocycles. The van der Waals surface area contributed by atoms with E-state index in [4.69, 9.17) is 5.73 Å². The summed E-state index contributed by atoms with van der Waals surface area (Å²) in [5.74, 6) is -0.245. The fourth-order valence-corrected chi connectivity index (χ4v) is 2.62. The van der Waals surface area contributed by atoms with E-state index in [0.29, 0.717) is 16.9 Å². The Hall–Kier alpha value is -1.40. The number of nitrogen functional groups attached to an aromatic ring is 1. The summed E-state index contributed by atoms with van der Waals surface area (Å²) in [6.45, 7) is 1.88. The molecular formula is C13H11Br2N3O. The van der Waals surface area contributed by atoms with Gasteiger partial charge >= 0.3 is 0 Å². The van der Waals surface area contributed by atoms with Crippen LogP contribution in [-0.4, -0.2) is 10.9 Å². The predicted molar refractivity (Wildman–Crippen MR) is 83.2 cm³/mol. The van der Waals surface area contributed by atoms with Crippen LogP contribution in [0.15, 0.2) is 39.5 Å². The van der Waals surface area contributed by atoms with E-state index in [-0.39, 0.29) is 5.91 Å². The van der Waals surface area contributed by atoms with Gasteiger partial charge in [-0.05, 0) is 46.6 Å². The Bertz CT molecular complexity index is 621. The van der Waals surface area contributed by atoms with Gasteiger partial charge in [-0.15, -0.1) is 0 Å². The molecule has 0 spiro atoms. The normalized spacial score (nSPS) is 10.3. The third-order valence-corrected chi connectivity index (χ3v) is 3.43. The van der Waals surface area contributed by atoms with Gasteiger partial charge in [0.1, 0.15) is 0 Å². The fraction of sp³-hybridized carbons (Fsp3) is 0.0769. The topological polar surface area (TPSA) is 68.0 Å². The van der Waals surface area contributed by atoms with Crippen molar-refractivity contribution in [2.24, 2.45) is 0 Å². The first kappa shape index (κ1) is 14.0. The molecule has 0 aliphatic heterocycles. The van der Waals surface area contributed by atoms with Crippen molar-refractivity contribution in [3.63, 3.8) is 0 Å². The van der Waals surface area contributed by atoms with Gasteiger partial charge in [0.15, 0.2) is 0 Å². The number of carbonyl (C=O) groups excluding carboxylic acids is 1. The highest BCUT2D eigenvalue weighted by Crippen LogP contribution is 2.28. The van der Waals surface area contributed by atoms with Crippen LogP contribution in [0, 0.1) is 6.92 Å². The number of aryl methyl sites for hydroxylation is 1. The van der Waals surface area contributed by atoms with Crippen molar-refractivity contribution in [3.05, 3.63) is 50.7 Å². The van der Waals surface area contributed by atoms with E-state index in [1.165, 1.54) is 6.20 Å². The van der Waals surface area contributed by atoms with Gasteiger partial charge in [0.2, 0.25) is 0 Å². The Morgan fingerprint density at radius 3 is 2.58 bits per heavy atom. The molecule has 0 radical (unpaired) electrons. The predicted octanol–water partition coefficient (Wildman–Crippen LogP) is 3.75. The van der Waals surface area contributed by atoms with Crippen molar-refractivity contribution in [1.82, 2.24) is 4.98 Å². The van der Waals surface area contributed by atoms with Crippen molar-refractivity contribution >= 4 is 49.1 Å². The number of rotatable bonds is 2. The molecule has 19 heavy (non-hydrogen) atoms. The molecule has 1 aromatic heterocycles. The molecule has 4 nitrogen and oxygen atoms in total. The molecule has 6 heteroatoms. The molecule has 1 aromatic carbocycles. The number of halogens is 2. The number of nitrogens with zero attached hydrogens (tertiary/aromatic N) is 1. The van der Waals surface area contributed by atoms with Gasteiger partial charge in [-0.3, -0.25) is 9.78 Å². The minimum Gasteiger partial charge on any atom is -0.397 e. The minimum absolute atomic E-state index is 0.245. The number of hydrogen-bond donors (Lipinski definition) is 2. The van der Waals surface area contributed by atoms with Crippen LogP contribution in [0.4, 0.5) is 11.4 Å². The fourth-order valence-electron chi connectivity index (χ4n) is 1.66. The maximum atomic E-state index is 12.1. The van der Waals surface area contributed by atoms with Crippen LogP contribution in [0.3, 0.4) is 0 Å². The molecule has 3 N–H and O–H groups in total. The Labute approximate surface area is 127 Å². The summed E-state index contributed by atoms with van der Waals surface area (Å²) in [5, 5.41) is 2.80. The van der Waals surface area contributed by atoms with E-state index in [9.17, 15) is 4.79 Å². The first-order chi connectivity index (χ1) is 8.97. The summed E-state index contributed by atoms with van der Waals surface area (Å²) >= 11 is 6.64. The summed E-state index contributed by atoms with van der Waals surface area (Å²) < 4.78 is 1.63. The van der Waals surface area contributed by atoms with Crippen LogP contribution in [0.5, 0.6) is 0 Å². The average molecular weight is 385 g/mol. The monoisotopic (exact) mass is 383 g/mol. The second kappa shape index (κ2) is 5.71. The maximum absolute atomic E-state index is 12.1. The number of hydrogen-bond acceptors (Lipinski definition) is 3. The number of amides is 1. The van der Waals surface area contributed by atoms with Crippen molar-refractivity contribution < 1.29 is 4.79 Å². The Morgan fingerprint density at radius 2 is 1.95 bits per heavy atom. The second-order valence-corrected chi connectivity index (χ2v) is 5.86. The lowest BCUT2D eigenvalue weighted by Crippen LogP contribution is -2.14. The van der Waals surface area contributed by atoms with Crippen molar-refractivity contribution in [2.75, 3.05) is 11.1 Å². The van der Waals surface area contributed by atoms with Gasteiger partial charge in [0, 0.05) is 21.3 Å². The van der Waals surface area contributed by atoms with Crippen LogP contribution in [0.2, 0.25) is 0 Å². The number of carbonyl (C=O) groups is 1. The van der Waals surface area contributed by atoms with E-state index in [2.05, 4.69) is 42.2 Å². The molecular weight excluding hydrogens is 374 g/mol. The molecule has 0 unspecified atom stereocenters. The summed E-state index contributed by atoms with van der Waals surface area (Å²) in [6.07, 6.45) is 3.13. The number of nitrogens with one attached hydrogen (secondary N) is 1. The summed E-state index contributed by atoms with van der Waals surface area (Å²) in [7, 11) is 0. The van der Waals surface area contributed by atoms with Crippen LogP contribution < -0.4 is 11.1 Å². The SMILES string of the molecule is Cc1cc(Br)cc(N)c1NC(=O)c1cncc(Br)c1. The first-order valence-electron chi connectivity index (χ1n) is 5.45. The highest BCUT2D eigenvalue weighted by Gasteiger charge is 2.11. The molecule has 0 bridgehead atoms. The van der Waals surface area contributed by atoms with E-state index in [0.717, 1.165) is 14.5 Å². The summed E-state index contributed by atoms with van der Waals surface area (Å²) in [6, 6.07) is 5.35. The van der Waals surface area contributed by atoms with Crippen molar-refractivity contribution in [1.29, 1.82) is 0 Å². The van der Waals surface area contributed by atoms with E-state index in [1.54, 1.807) is 18.3 Å². The Morgan fingerprint density at radius 1 is 1.21 bits per heavy atom. The minimum atomic E-state index is -0.245. The third-order valence-electron chi connectivity index (χ3n) is 2.54. The van der Waals surface area contributed by atoms with Gasteiger partial charge in [0.25, 0.3) is 5.91 Å². The lowest BCUT2D eigenvalue weighted by Gasteiger charge is -2.12. The maximum Gasteiger partial charge on any atom is 0.257 e. The molecule has 2 aromatic rings. The highest BCUT2D eigenvalue weighted by molar-refractivity contribution is 9.10. The molecule has 2 rings (SSSR count). The van der Waals surface area contributed by atoms with Crippen LogP contribution >= 0.6 is 31.9 Å². The zero-order valence-corrected chi connectivity index (χ0v) is 13.2. The van der Waals surface area contributed by atoms with Crippen molar-refractivity contribution in [3.8, 4) is 0 Å². The standard InChI is InChI=1S/C13H11Br2N3O/c1-7-2-9(14)4-11(16)12(7)18-13(19)8-3-10(15)6-17-5-8/h2-6H,16H2,1H3,(H,18,19). The molecule has 0 atom stereocenters. The van der Waals surface area contributed by atoms with E-state index < -0.39 is 0 Å². The van der Waals surface area contributed by atoms with Gasteiger partial charge < -0.3 is 11.1 Å². The molecule has 0 aliphatic rings. The summed E-state index contributed by atoms with van der Waals surface area (Å²) in [4.78, 5) is 16.1. The number of nitrogens with two attached hydrogens (primary N) is 1. The van der Waals surface area contributed by atoms with Crippen molar-refractivity contribution in [2.45, 2.75) is 6.92 Å². The molecule has 0 aliphatic carbocycles. The van der Waals surface area contributed by atoms with Gasteiger partial charge in [-0.2, -0.15) is 0 Å². The Balaban J connectivity index is 2.29. The first-order valence-corrected chi connectivity index (χ1v) is 7.03. The molecule has 98 valence electrons. The number of aromatic nitrogens is 1. The number of anilines is 2. The van der Waals surface area contributed by atoms with E-state index >= 15 is 0 Å². The lowest BCUT2D eigenvalue weighted by molar-refractivity contribution is 0.102. The Kier molecular flexibility index (Phi) is 4.21. The summed E-state index contributed by atoms with van der Waals surface area (Å²) in [5.41, 5.74) is 8.40. The average Bonchev–Trinajstić information content (AvgIpc) is 2.33. The van der Waals surface area contributed by atoms with Gasteiger partial charge in [0.05, 0.1) is 16.9 Å². The molecule has 0 saturated carbocycles. The van der Waals surface area contributed by atoms with Gasteiger partial charge in [-0.25, -0.2) is 0 Å². The zero-order valence-electron chi connectivity index (χ0n) is 10.1.